The first-order chi connectivity index (χ1) is 14.9. The molecule has 31 heavy (non-hydrogen) atoms. The van der Waals surface area contributed by atoms with Crippen molar-refractivity contribution in [3.63, 3.8) is 0 Å². The number of non-ortho nitro benzene ring substituents is 1. The zero-order valence-electron chi connectivity index (χ0n) is 18.0. The molecule has 1 heterocycles. The lowest BCUT2D eigenvalue weighted by molar-refractivity contribution is -0.384. The lowest BCUT2D eigenvalue weighted by Crippen LogP contribution is -2.17. The van der Waals surface area contributed by atoms with Gasteiger partial charge in [0.2, 0.25) is 4.80 Å². The summed E-state index contributed by atoms with van der Waals surface area (Å²) in [6, 6.07) is 12.8. The van der Waals surface area contributed by atoms with Crippen LogP contribution in [0.25, 0.3) is 11.3 Å². The highest BCUT2D eigenvalue weighted by Crippen LogP contribution is 2.26. The third-order valence-corrected chi connectivity index (χ3v) is 6.68. The fourth-order valence-electron chi connectivity index (χ4n) is 3.67. The average Bonchev–Trinajstić information content (AvgIpc) is 3.14. The van der Waals surface area contributed by atoms with Crippen LogP contribution in [-0.2, 0) is 0 Å². The third-order valence-electron chi connectivity index (χ3n) is 5.87. The fourth-order valence-corrected chi connectivity index (χ4v) is 4.52. The number of rotatable bonds is 4. The van der Waals surface area contributed by atoms with Crippen molar-refractivity contribution in [2.45, 2.75) is 46.5 Å². The zero-order chi connectivity index (χ0) is 22.0. The molecule has 3 aromatic rings. The van der Waals surface area contributed by atoms with E-state index < -0.39 is 0 Å². The molecule has 1 aliphatic carbocycles. The summed E-state index contributed by atoms with van der Waals surface area (Å²) in [5.74, 6) is 0.736. The Kier molecular flexibility index (Phi) is 6.13. The SMILES string of the molecule is Cc1ccc(N=c2scc(-c3ccc([N+](=O)[O-])cc3)n2N=C2CCC(C)CC2)cc1C. The van der Waals surface area contributed by atoms with Crippen molar-refractivity contribution in [1.82, 2.24) is 4.68 Å². The third kappa shape index (κ3) is 4.82. The number of benzene rings is 2. The van der Waals surface area contributed by atoms with Crippen molar-refractivity contribution in [1.29, 1.82) is 0 Å². The summed E-state index contributed by atoms with van der Waals surface area (Å²) >= 11 is 1.53. The number of hydrogen-bond donors (Lipinski definition) is 0. The molecule has 1 fully saturated rings. The first kappa shape index (κ1) is 21.2. The highest BCUT2D eigenvalue weighted by Gasteiger charge is 2.16. The van der Waals surface area contributed by atoms with Crippen LogP contribution in [0.3, 0.4) is 0 Å². The van der Waals surface area contributed by atoms with Gasteiger partial charge in [0.15, 0.2) is 0 Å². The van der Waals surface area contributed by atoms with Crippen LogP contribution in [-0.4, -0.2) is 15.3 Å². The number of hydrogen-bond acceptors (Lipinski definition) is 5. The topological polar surface area (TPSA) is 72.8 Å². The van der Waals surface area contributed by atoms with E-state index in [1.165, 1.54) is 40.3 Å². The van der Waals surface area contributed by atoms with E-state index in [2.05, 4.69) is 32.9 Å². The summed E-state index contributed by atoms with van der Waals surface area (Å²) in [6.45, 7) is 6.47. The molecule has 0 atom stereocenters. The number of nitro benzene ring substituents is 1. The predicted molar refractivity (Wildman–Crippen MR) is 126 cm³/mol. The van der Waals surface area contributed by atoms with E-state index in [1.807, 2.05) is 16.1 Å². The van der Waals surface area contributed by atoms with Gasteiger partial charge in [-0.15, -0.1) is 11.3 Å². The Morgan fingerprint density at radius 3 is 2.42 bits per heavy atom. The number of aromatic nitrogens is 1. The molecule has 0 saturated heterocycles. The van der Waals surface area contributed by atoms with Crippen LogP contribution in [0.1, 0.15) is 43.7 Å². The largest absolute Gasteiger partial charge is 0.269 e. The normalized spacial score (nSPS) is 17.1. The van der Waals surface area contributed by atoms with Crippen LogP contribution in [0.5, 0.6) is 0 Å². The summed E-state index contributed by atoms with van der Waals surface area (Å²) < 4.78 is 1.91. The Bertz CT molecular complexity index is 1200. The van der Waals surface area contributed by atoms with Gasteiger partial charge >= 0.3 is 0 Å². The Morgan fingerprint density at radius 2 is 1.77 bits per heavy atom. The molecule has 0 spiro atoms. The molecule has 1 aliphatic rings. The number of aryl methyl sites for hydroxylation is 2. The predicted octanol–water partition coefficient (Wildman–Crippen LogP) is 6.39. The van der Waals surface area contributed by atoms with Gasteiger partial charge in [-0.3, -0.25) is 10.1 Å². The van der Waals surface area contributed by atoms with Crippen LogP contribution in [0, 0.1) is 29.9 Å². The summed E-state index contributed by atoms with van der Waals surface area (Å²) in [7, 11) is 0. The second-order valence-electron chi connectivity index (χ2n) is 8.25. The summed E-state index contributed by atoms with van der Waals surface area (Å²) in [6.07, 6.45) is 4.29. The molecule has 0 aliphatic heterocycles. The molecule has 1 saturated carbocycles. The smallest absolute Gasteiger partial charge is 0.258 e. The van der Waals surface area contributed by atoms with Crippen molar-refractivity contribution >= 4 is 28.4 Å². The Hall–Kier alpha value is -3.06. The second kappa shape index (κ2) is 8.98. The minimum atomic E-state index is -0.380. The minimum Gasteiger partial charge on any atom is -0.258 e. The Balaban J connectivity index is 1.81. The maximum atomic E-state index is 11.0. The lowest BCUT2D eigenvalue weighted by atomic mass is 9.90. The van der Waals surface area contributed by atoms with Crippen LogP contribution in [0.4, 0.5) is 11.4 Å². The maximum absolute atomic E-state index is 11.0. The van der Waals surface area contributed by atoms with E-state index in [1.54, 1.807) is 12.1 Å². The van der Waals surface area contributed by atoms with Crippen LogP contribution in [0.15, 0.2) is 57.9 Å². The molecule has 1 aromatic heterocycles. The van der Waals surface area contributed by atoms with Gasteiger partial charge in [-0.1, -0.05) is 13.0 Å². The van der Waals surface area contributed by atoms with Gasteiger partial charge in [0.1, 0.15) is 0 Å². The van der Waals surface area contributed by atoms with Gasteiger partial charge in [0, 0.05) is 28.8 Å². The van der Waals surface area contributed by atoms with Crippen LogP contribution >= 0.6 is 11.3 Å². The van der Waals surface area contributed by atoms with Gasteiger partial charge < -0.3 is 0 Å². The van der Waals surface area contributed by atoms with Crippen molar-refractivity contribution in [3.05, 3.63) is 73.9 Å². The maximum Gasteiger partial charge on any atom is 0.269 e. The Labute approximate surface area is 185 Å². The minimum absolute atomic E-state index is 0.0816. The number of nitro groups is 1. The van der Waals surface area contributed by atoms with Gasteiger partial charge in [-0.05, 0) is 80.8 Å². The second-order valence-corrected chi connectivity index (χ2v) is 9.08. The number of nitrogens with zero attached hydrogens (tertiary/aromatic N) is 4. The number of thiazole rings is 1. The fraction of sp³-hybridized carbons (Fsp3) is 0.333. The monoisotopic (exact) mass is 434 g/mol. The van der Waals surface area contributed by atoms with E-state index in [9.17, 15) is 10.1 Å². The van der Waals surface area contributed by atoms with E-state index in [0.29, 0.717) is 0 Å². The molecule has 6 nitrogen and oxygen atoms in total. The molecule has 7 heteroatoms. The van der Waals surface area contributed by atoms with E-state index in [0.717, 1.165) is 53.3 Å². The van der Waals surface area contributed by atoms with E-state index in [-0.39, 0.29) is 10.6 Å². The van der Waals surface area contributed by atoms with Crippen molar-refractivity contribution < 1.29 is 4.92 Å². The lowest BCUT2D eigenvalue weighted by Gasteiger charge is -2.19. The van der Waals surface area contributed by atoms with Crippen molar-refractivity contribution in [2.24, 2.45) is 16.0 Å². The molecule has 0 amide bonds. The van der Waals surface area contributed by atoms with Gasteiger partial charge in [0.25, 0.3) is 5.69 Å². The summed E-state index contributed by atoms with van der Waals surface area (Å²) in [5, 5.41) is 18.1. The molecule has 0 unspecified atom stereocenters. The molecule has 160 valence electrons. The highest BCUT2D eigenvalue weighted by atomic mass is 32.1. The van der Waals surface area contributed by atoms with E-state index >= 15 is 0 Å². The summed E-state index contributed by atoms with van der Waals surface area (Å²) in [5.41, 5.74) is 6.38. The van der Waals surface area contributed by atoms with Crippen molar-refractivity contribution in [2.75, 3.05) is 0 Å². The van der Waals surface area contributed by atoms with Crippen LogP contribution in [0.2, 0.25) is 0 Å². The Morgan fingerprint density at radius 1 is 1.06 bits per heavy atom. The molecule has 0 bridgehead atoms. The van der Waals surface area contributed by atoms with Gasteiger partial charge in [-0.2, -0.15) is 5.10 Å². The molecular formula is C24H26N4O2S. The quantitative estimate of drug-likeness (QED) is 0.352. The molecule has 2 aromatic carbocycles. The first-order valence-corrected chi connectivity index (χ1v) is 11.4. The average molecular weight is 435 g/mol. The zero-order valence-corrected chi connectivity index (χ0v) is 18.9. The van der Waals surface area contributed by atoms with Crippen molar-refractivity contribution in [3.8, 4) is 11.3 Å². The molecular weight excluding hydrogens is 408 g/mol. The molecule has 0 N–H and O–H groups in total. The van der Waals surface area contributed by atoms with Gasteiger partial charge in [-0.25, -0.2) is 9.67 Å². The first-order valence-electron chi connectivity index (χ1n) is 10.5. The standard InChI is InChI=1S/C24H26N4O2S/c1-16-4-9-20(10-5-16)26-27-23(19-7-12-22(13-8-19)28(29)30)15-31-24(27)25-21-11-6-17(2)18(3)14-21/h6-8,11-16H,4-5,9-10H2,1-3H3. The highest BCUT2D eigenvalue weighted by molar-refractivity contribution is 7.07. The molecule has 4 rings (SSSR count). The summed E-state index contributed by atoms with van der Waals surface area (Å²) in [4.78, 5) is 16.3. The van der Waals surface area contributed by atoms with Gasteiger partial charge in [0.05, 0.1) is 16.3 Å². The van der Waals surface area contributed by atoms with Crippen LogP contribution < -0.4 is 4.80 Å². The van der Waals surface area contributed by atoms with E-state index in [4.69, 9.17) is 10.1 Å². The molecule has 0 radical (unpaired) electrons.